The van der Waals surface area contributed by atoms with Crippen molar-refractivity contribution < 1.29 is 52.3 Å². The second kappa shape index (κ2) is 16.5. The van der Waals surface area contributed by atoms with Crippen molar-refractivity contribution >= 4 is 34.4 Å². The molecule has 1 aliphatic carbocycles. The first-order valence-corrected chi connectivity index (χ1v) is 16.0. The lowest BCUT2D eigenvalue weighted by Gasteiger charge is -2.41. The van der Waals surface area contributed by atoms with Crippen molar-refractivity contribution in [3.63, 3.8) is 0 Å². The summed E-state index contributed by atoms with van der Waals surface area (Å²) in [5, 5.41) is 33.4. The third kappa shape index (κ3) is 8.98. The average Bonchev–Trinajstić information content (AvgIpc) is 3.08. The molecule has 4 N–H and O–H groups in total. The number of nitrogens with zero attached hydrogens (tertiary/aromatic N) is 1. The topological polar surface area (TPSA) is 138 Å². The lowest BCUT2D eigenvalue weighted by Crippen LogP contribution is -2.55. The third-order valence-electron chi connectivity index (χ3n) is 7.84. The van der Waals surface area contributed by atoms with E-state index in [4.69, 9.17) is 14.2 Å². The number of benzene rings is 3. The number of methoxy groups -OCH3 is 2. The molecule has 3 aromatic carbocycles. The summed E-state index contributed by atoms with van der Waals surface area (Å²) < 4.78 is 57.5. The second-order valence-corrected chi connectivity index (χ2v) is 12.1. The van der Waals surface area contributed by atoms with E-state index in [1.807, 2.05) is 28.7 Å². The normalized spacial score (nSPS) is 17.7. The van der Waals surface area contributed by atoms with Crippen molar-refractivity contribution in [2.75, 3.05) is 33.9 Å². The molecule has 0 saturated heterocycles. The summed E-state index contributed by atoms with van der Waals surface area (Å²) in [4.78, 5) is 28.7. The van der Waals surface area contributed by atoms with Crippen molar-refractivity contribution in [2.24, 2.45) is 0 Å². The van der Waals surface area contributed by atoms with Crippen LogP contribution in [0.3, 0.4) is 0 Å². The molecule has 3 aromatic rings. The molecule has 0 heterocycles. The Labute approximate surface area is 289 Å². The van der Waals surface area contributed by atoms with Crippen molar-refractivity contribution in [3.05, 3.63) is 98.1 Å². The van der Waals surface area contributed by atoms with E-state index in [9.17, 15) is 38.1 Å². The standard InChI is InChI=1S/C34H36F3IN2O8/c1-46-25-5-3-4-20(14-25)10-12-40(33(45)22-6-8-24(9-7-22)34(35,36)37)27-17-23(32(44)39-11-13-41)18-28(30(27)43)48-31-26(38)15-21(19-42)16-29(31)47-2/h3-9,14-16,18,27-28,30,41-43H,10-13,17,19H2,1-2H3,(H,39,44)/t27-,28+,30+/m1/s1. The minimum atomic E-state index is -4.60. The van der Waals surface area contributed by atoms with E-state index < -0.39 is 41.8 Å². The van der Waals surface area contributed by atoms with Gasteiger partial charge in [-0.3, -0.25) is 9.59 Å². The van der Waals surface area contributed by atoms with Crippen molar-refractivity contribution in [2.45, 2.75) is 43.9 Å². The first-order chi connectivity index (χ1) is 22.9. The Morgan fingerprint density at radius 3 is 2.38 bits per heavy atom. The molecule has 1 aliphatic rings. The molecule has 0 aliphatic heterocycles. The molecule has 258 valence electrons. The van der Waals surface area contributed by atoms with Gasteiger partial charge in [-0.25, -0.2) is 0 Å². The van der Waals surface area contributed by atoms with Gasteiger partial charge in [0.25, 0.3) is 5.91 Å². The Morgan fingerprint density at radius 2 is 1.75 bits per heavy atom. The number of amides is 2. The molecule has 0 unspecified atom stereocenters. The molecule has 0 saturated carbocycles. The van der Waals surface area contributed by atoms with Gasteiger partial charge in [0.15, 0.2) is 11.5 Å². The predicted molar refractivity (Wildman–Crippen MR) is 178 cm³/mol. The van der Waals surface area contributed by atoms with E-state index in [1.54, 1.807) is 30.3 Å². The highest BCUT2D eigenvalue weighted by Gasteiger charge is 2.41. The lowest BCUT2D eigenvalue weighted by atomic mass is 9.87. The lowest BCUT2D eigenvalue weighted by molar-refractivity contribution is -0.137. The van der Waals surface area contributed by atoms with E-state index in [-0.39, 0.29) is 61.8 Å². The highest BCUT2D eigenvalue weighted by atomic mass is 127. The molecule has 4 rings (SSSR count). The Bertz CT molecular complexity index is 1620. The van der Waals surface area contributed by atoms with Gasteiger partial charge >= 0.3 is 6.18 Å². The van der Waals surface area contributed by atoms with E-state index >= 15 is 0 Å². The van der Waals surface area contributed by atoms with Crippen LogP contribution in [-0.2, 0) is 24.0 Å². The molecule has 0 radical (unpaired) electrons. The monoisotopic (exact) mass is 784 g/mol. The highest BCUT2D eigenvalue weighted by Crippen LogP contribution is 2.37. The Balaban J connectivity index is 1.76. The first-order valence-electron chi connectivity index (χ1n) is 14.9. The fourth-order valence-corrected chi connectivity index (χ4v) is 6.15. The van der Waals surface area contributed by atoms with Gasteiger partial charge in [-0.1, -0.05) is 12.1 Å². The van der Waals surface area contributed by atoms with Crippen LogP contribution in [0.5, 0.6) is 17.2 Å². The van der Waals surface area contributed by atoms with Crippen LogP contribution in [0.25, 0.3) is 0 Å². The van der Waals surface area contributed by atoms with Gasteiger partial charge in [0.05, 0.1) is 42.6 Å². The maximum atomic E-state index is 14.1. The van der Waals surface area contributed by atoms with Gasteiger partial charge in [0, 0.05) is 30.6 Å². The molecular formula is C34H36F3IN2O8. The number of aliphatic hydroxyl groups is 3. The molecule has 10 nitrogen and oxygen atoms in total. The fourth-order valence-electron chi connectivity index (χ4n) is 5.36. The summed E-state index contributed by atoms with van der Waals surface area (Å²) >= 11 is 1.99. The number of hydrogen-bond acceptors (Lipinski definition) is 8. The Hall–Kier alpha value is -3.86. The maximum Gasteiger partial charge on any atom is 0.416 e. The van der Waals surface area contributed by atoms with Gasteiger partial charge in [0.1, 0.15) is 18.0 Å². The number of carbonyl (C=O) groups is 2. The smallest absolute Gasteiger partial charge is 0.416 e. The van der Waals surface area contributed by atoms with E-state index in [0.29, 0.717) is 14.9 Å². The van der Waals surface area contributed by atoms with E-state index in [0.717, 1.165) is 29.8 Å². The highest BCUT2D eigenvalue weighted by molar-refractivity contribution is 14.1. The summed E-state index contributed by atoms with van der Waals surface area (Å²) in [6, 6.07) is 13.1. The fraction of sp³-hybridized carbons (Fsp3) is 0.353. The van der Waals surface area contributed by atoms with Crippen molar-refractivity contribution in [1.29, 1.82) is 0 Å². The first kappa shape index (κ1) is 37.0. The molecule has 0 bridgehead atoms. The number of ether oxygens (including phenoxy) is 3. The van der Waals surface area contributed by atoms with Gasteiger partial charge in [-0.05, 0) is 94.7 Å². The van der Waals surface area contributed by atoms with Crippen LogP contribution in [-0.4, -0.2) is 84.2 Å². The Kier molecular flexibility index (Phi) is 12.7. The van der Waals surface area contributed by atoms with Crippen LogP contribution in [0.2, 0.25) is 0 Å². The van der Waals surface area contributed by atoms with Crippen LogP contribution < -0.4 is 19.5 Å². The summed E-state index contributed by atoms with van der Waals surface area (Å²) in [6.07, 6.45) is -5.62. The minimum Gasteiger partial charge on any atom is -0.497 e. The van der Waals surface area contributed by atoms with Gasteiger partial charge < -0.3 is 39.7 Å². The number of alkyl halides is 3. The maximum absolute atomic E-state index is 14.1. The largest absolute Gasteiger partial charge is 0.497 e. The zero-order valence-electron chi connectivity index (χ0n) is 26.2. The molecule has 2 amide bonds. The predicted octanol–water partition coefficient (Wildman–Crippen LogP) is 4.12. The van der Waals surface area contributed by atoms with Crippen LogP contribution in [0.4, 0.5) is 13.2 Å². The summed E-state index contributed by atoms with van der Waals surface area (Å²) in [5.74, 6) is -0.146. The third-order valence-corrected chi connectivity index (χ3v) is 8.64. The van der Waals surface area contributed by atoms with Gasteiger partial charge in [0.2, 0.25) is 5.91 Å². The molecule has 0 spiro atoms. The van der Waals surface area contributed by atoms with Gasteiger partial charge in [-0.2, -0.15) is 13.2 Å². The molecule has 14 heteroatoms. The number of rotatable bonds is 13. The van der Waals surface area contributed by atoms with Crippen LogP contribution in [0.15, 0.2) is 72.3 Å². The molecule has 0 aromatic heterocycles. The second-order valence-electron chi connectivity index (χ2n) is 11.0. The van der Waals surface area contributed by atoms with Crippen molar-refractivity contribution in [3.8, 4) is 17.2 Å². The zero-order chi connectivity index (χ0) is 35.0. The average molecular weight is 785 g/mol. The van der Waals surface area contributed by atoms with Crippen LogP contribution >= 0.6 is 22.6 Å². The number of aliphatic hydroxyl groups excluding tert-OH is 3. The molecular weight excluding hydrogens is 748 g/mol. The summed E-state index contributed by atoms with van der Waals surface area (Å²) in [6.45, 7) is -0.618. The molecule has 3 atom stereocenters. The minimum absolute atomic E-state index is 0.0130. The number of hydrogen-bond donors (Lipinski definition) is 4. The van der Waals surface area contributed by atoms with Crippen molar-refractivity contribution in [1.82, 2.24) is 10.2 Å². The van der Waals surface area contributed by atoms with Gasteiger partial charge in [-0.15, -0.1) is 0 Å². The zero-order valence-corrected chi connectivity index (χ0v) is 28.3. The number of nitrogens with one attached hydrogen (secondary N) is 1. The van der Waals surface area contributed by atoms with Crippen LogP contribution in [0, 0.1) is 3.57 Å². The van der Waals surface area contributed by atoms with E-state index in [2.05, 4.69) is 5.32 Å². The number of halogens is 4. The van der Waals surface area contributed by atoms with E-state index in [1.165, 1.54) is 25.2 Å². The SMILES string of the molecule is COc1cccc(CCN(C(=O)c2ccc(C(F)(F)F)cc2)[C@@H]2CC(C(=O)NCCO)=C[C@H](Oc3c(I)cc(CO)cc3OC)[C@H]2O)c1. The van der Waals surface area contributed by atoms with Crippen LogP contribution in [0.1, 0.15) is 33.5 Å². The quantitative estimate of drug-likeness (QED) is 0.190. The molecule has 48 heavy (non-hydrogen) atoms. The summed E-state index contributed by atoms with van der Waals surface area (Å²) in [7, 11) is 2.92. The summed E-state index contributed by atoms with van der Waals surface area (Å²) in [5.41, 5.74) is 0.537. The number of carbonyl (C=O) groups excluding carboxylic acids is 2. The molecule has 0 fully saturated rings. The Morgan fingerprint density at radius 1 is 1.02 bits per heavy atom.